The first-order valence-electron chi connectivity index (χ1n) is 14.5. The molecular formula is C29H42F4O4S. The standard InChI is InChI=1S/C29H42F4O4S/c30-28(31,29(32,33)38(34,35)36)17-10-18-37-27-25(22-13-6-2-7-14-22)19-24(21-11-4-1-5-12-21)20-26(27)23-15-8-3-9-16-23/h19-23H,1-18H2,(H,34,35,36). The van der Waals surface area contributed by atoms with Gasteiger partial charge in [0.05, 0.1) is 6.61 Å². The number of hydrogen-bond acceptors (Lipinski definition) is 3. The largest absolute Gasteiger partial charge is 0.493 e. The van der Waals surface area contributed by atoms with Crippen LogP contribution in [0.2, 0.25) is 0 Å². The Morgan fingerprint density at radius 1 is 0.737 bits per heavy atom. The van der Waals surface area contributed by atoms with E-state index in [0.717, 1.165) is 68.2 Å². The van der Waals surface area contributed by atoms with Crippen molar-refractivity contribution in [1.29, 1.82) is 0 Å². The summed E-state index contributed by atoms with van der Waals surface area (Å²) < 4.78 is 92.0. The van der Waals surface area contributed by atoms with Crippen molar-refractivity contribution in [2.24, 2.45) is 0 Å². The van der Waals surface area contributed by atoms with Gasteiger partial charge < -0.3 is 4.74 Å². The third-order valence-corrected chi connectivity index (χ3v) is 9.91. The van der Waals surface area contributed by atoms with Crippen molar-refractivity contribution in [3.8, 4) is 5.75 Å². The first kappa shape index (κ1) is 29.6. The maximum absolute atomic E-state index is 14.1. The summed E-state index contributed by atoms with van der Waals surface area (Å²) in [6, 6.07) is 4.57. The molecule has 1 aromatic rings. The van der Waals surface area contributed by atoms with Gasteiger partial charge in [-0.2, -0.15) is 26.0 Å². The molecule has 0 unspecified atom stereocenters. The number of ether oxygens (including phenoxy) is 1. The molecule has 9 heteroatoms. The molecule has 4 nitrogen and oxygen atoms in total. The van der Waals surface area contributed by atoms with Crippen LogP contribution in [0.5, 0.6) is 5.75 Å². The van der Waals surface area contributed by atoms with Gasteiger partial charge in [0.1, 0.15) is 5.75 Å². The molecule has 3 fully saturated rings. The van der Waals surface area contributed by atoms with E-state index in [4.69, 9.17) is 9.29 Å². The second-order valence-corrected chi connectivity index (χ2v) is 13.1. The Morgan fingerprint density at radius 3 is 1.58 bits per heavy atom. The molecule has 38 heavy (non-hydrogen) atoms. The average Bonchev–Trinajstić information content (AvgIpc) is 2.91. The first-order chi connectivity index (χ1) is 18.0. The van der Waals surface area contributed by atoms with Crippen molar-refractivity contribution in [3.63, 3.8) is 0 Å². The zero-order chi connectivity index (χ0) is 27.4. The fourth-order valence-electron chi connectivity index (χ4n) is 6.77. The van der Waals surface area contributed by atoms with E-state index in [2.05, 4.69) is 12.1 Å². The maximum Gasteiger partial charge on any atom is 0.431 e. The molecule has 0 spiro atoms. The number of rotatable bonds is 10. The second-order valence-electron chi connectivity index (χ2n) is 11.7. The molecule has 3 aliphatic rings. The van der Waals surface area contributed by atoms with Gasteiger partial charge in [0.2, 0.25) is 0 Å². The molecule has 0 bridgehead atoms. The number of alkyl halides is 4. The molecule has 216 valence electrons. The number of hydrogen-bond donors (Lipinski definition) is 1. The first-order valence-corrected chi connectivity index (χ1v) is 16.0. The molecule has 1 N–H and O–H groups in total. The summed E-state index contributed by atoms with van der Waals surface area (Å²) in [5, 5.41) is -5.54. The van der Waals surface area contributed by atoms with Gasteiger partial charge in [-0.3, -0.25) is 4.55 Å². The summed E-state index contributed by atoms with van der Waals surface area (Å²) in [5.74, 6) is -2.98. The zero-order valence-corrected chi connectivity index (χ0v) is 23.0. The van der Waals surface area contributed by atoms with Crippen LogP contribution in [0.25, 0.3) is 0 Å². The van der Waals surface area contributed by atoms with Crippen LogP contribution in [0.1, 0.15) is 144 Å². The van der Waals surface area contributed by atoms with E-state index in [1.54, 1.807) is 0 Å². The highest BCUT2D eigenvalue weighted by Crippen LogP contribution is 2.48. The van der Waals surface area contributed by atoms with Crippen LogP contribution < -0.4 is 4.74 Å². The minimum absolute atomic E-state index is 0.223. The summed E-state index contributed by atoms with van der Waals surface area (Å²) in [5.41, 5.74) is 3.64. The van der Waals surface area contributed by atoms with Gasteiger partial charge in [0, 0.05) is 6.42 Å². The van der Waals surface area contributed by atoms with E-state index in [9.17, 15) is 26.0 Å². The van der Waals surface area contributed by atoms with E-state index in [-0.39, 0.29) is 6.61 Å². The average molecular weight is 563 g/mol. The lowest BCUT2D eigenvalue weighted by atomic mass is 9.75. The predicted molar refractivity (Wildman–Crippen MR) is 140 cm³/mol. The number of benzene rings is 1. The Hall–Kier alpha value is -1.35. The Kier molecular flexibility index (Phi) is 9.70. The highest BCUT2D eigenvalue weighted by atomic mass is 32.2. The van der Waals surface area contributed by atoms with E-state index in [1.807, 2.05) is 0 Å². The van der Waals surface area contributed by atoms with Crippen molar-refractivity contribution in [2.45, 2.75) is 138 Å². The molecule has 3 aliphatic carbocycles. The van der Waals surface area contributed by atoms with Gasteiger partial charge in [-0.25, -0.2) is 0 Å². The van der Waals surface area contributed by atoms with Crippen LogP contribution in [0.3, 0.4) is 0 Å². The van der Waals surface area contributed by atoms with Crippen LogP contribution in [-0.2, 0) is 10.1 Å². The van der Waals surface area contributed by atoms with Crippen LogP contribution in [0, 0.1) is 0 Å². The van der Waals surface area contributed by atoms with Crippen LogP contribution in [0.15, 0.2) is 12.1 Å². The van der Waals surface area contributed by atoms with Gasteiger partial charge in [0.25, 0.3) is 0 Å². The Bertz CT molecular complexity index is 986. The molecule has 0 saturated heterocycles. The minimum atomic E-state index is -6.23. The highest BCUT2D eigenvalue weighted by Gasteiger charge is 2.64. The lowest BCUT2D eigenvalue weighted by Crippen LogP contribution is -2.46. The molecule has 0 atom stereocenters. The Balaban J connectivity index is 1.61. The van der Waals surface area contributed by atoms with Gasteiger partial charge in [0.15, 0.2) is 0 Å². The van der Waals surface area contributed by atoms with Gasteiger partial charge >= 0.3 is 21.3 Å². The van der Waals surface area contributed by atoms with E-state index in [0.29, 0.717) is 17.8 Å². The molecule has 0 heterocycles. The lowest BCUT2D eigenvalue weighted by Gasteiger charge is -2.32. The molecular weight excluding hydrogens is 520 g/mol. The van der Waals surface area contributed by atoms with Crippen LogP contribution in [-0.4, -0.2) is 30.8 Å². The molecule has 1 aromatic carbocycles. The Morgan fingerprint density at radius 2 is 1.16 bits per heavy atom. The third kappa shape index (κ3) is 6.68. The summed E-state index contributed by atoms with van der Waals surface area (Å²) in [7, 11) is -6.23. The second kappa shape index (κ2) is 12.4. The summed E-state index contributed by atoms with van der Waals surface area (Å²) in [6.45, 7) is -0.223. The molecule has 0 radical (unpaired) electrons. The van der Waals surface area contributed by atoms with Crippen molar-refractivity contribution in [2.75, 3.05) is 6.61 Å². The smallest absolute Gasteiger partial charge is 0.431 e. The van der Waals surface area contributed by atoms with E-state index >= 15 is 0 Å². The summed E-state index contributed by atoms with van der Waals surface area (Å²) in [6.07, 6.45) is 15.3. The van der Waals surface area contributed by atoms with E-state index < -0.39 is 34.1 Å². The topological polar surface area (TPSA) is 63.6 Å². The van der Waals surface area contributed by atoms with Gasteiger partial charge in [-0.15, -0.1) is 0 Å². The number of halogens is 4. The van der Waals surface area contributed by atoms with Crippen LogP contribution in [0.4, 0.5) is 17.6 Å². The monoisotopic (exact) mass is 562 g/mol. The maximum atomic E-state index is 14.1. The summed E-state index contributed by atoms with van der Waals surface area (Å²) in [4.78, 5) is 0. The highest BCUT2D eigenvalue weighted by molar-refractivity contribution is 7.87. The van der Waals surface area contributed by atoms with Crippen molar-refractivity contribution in [3.05, 3.63) is 28.8 Å². The predicted octanol–water partition coefficient (Wildman–Crippen LogP) is 9.10. The molecule has 0 amide bonds. The lowest BCUT2D eigenvalue weighted by molar-refractivity contribution is -0.165. The Labute approximate surface area is 224 Å². The van der Waals surface area contributed by atoms with Crippen molar-refractivity contribution < 1.29 is 35.3 Å². The fraction of sp³-hybridized carbons (Fsp3) is 0.793. The SMILES string of the molecule is O=S(=O)(O)C(F)(F)C(F)(F)CCCOc1c(C2CCCCC2)cc(C2CCCCC2)cc1C1CCCCC1. The molecule has 4 rings (SSSR count). The molecule has 3 saturated carbocycles. The molecule has 0 aromatic heterocycles. The van der Waals surface area contributed by atoms with Gasteiger partial charge in [-0.1, -0.05) is 69.9 Å². The normalized spacial score (nSPS) is 21.5. The van der Waals surface area contributed by atoms with Crippen molar-refractivity contribution in [1.82, 2.24) is 0 Å². The minimum Gasteiger partial charge on any atom is -0.493 e. The van der Waals surface area contributed by atoms with Crippen LogP contribution >= 0.6 is 0 Å². The van der Waals surface area contributed by atoms with Crippen molar-refractivity contribution >= 4 is 10.1 Å². The van der Waals surface area contributed by atoms with E-state index in [1.165, 1.54) is 50.5 Å². The fourth-order valence-corrected chi connectivity index (χ4v) is 7.25. The summed E-state index contributed by atoms with van der Waals surface area (Å²) >= 11 is 0. The quantitative estimate of drug-likeness (QED) is 0.175. The van der Waals surface area contributed by atoms with Gasteiger partial charge in [-0.05, 0) is 79.4 Å². The third-order valence-electron chi connectivity index (χ3n) is 8.97. The molecule has 0 aliphatic heterocycles. The zero-order valence-electron chi connectivity index (χ0n) is 22.2.